The van der Waals surface area contributed by atoms with Crippen LogP contribution in [-0.4, -0.2) is 40.0 Å². The Balaban J connectivity index is 1.77. The van der Waals surface area contributed by atoms with Gasteiger partial charge in [-0.1, -0.05) is 36.4 Å². The molecule has 0 aliphatic carbocycles. The molecule has 0 spiro atoms. The van der Waals surface area contributed by atoms with Crippen molar-refractivity contribution in [2.24, 2.45) is 0 Å². The van der Waals surface area contributed by atoms with Crippen molar-refractivity contribution in [2.75, 3.05) is 39.3 Å². The van der Waals surface area contributed by atoms with Crippen LogP contribution < -0.4 is 29.2 Å². The van der Waals surface area contributed by atoms with E-state index in [1.807, 2.05) is 32.2 Å². The van der Waals surface area contributed by atoms with Crippen molar-refractivity contribution in [2.45, 2.75) is 39.5 Å². The average Bonchev–Trinajstić information content (AvgIpc) is 2.89. The van der Waals surface area contributed by atoms with Crippen molar-refractivity contribution in [3.8, 4) is 23.0 Å². The van der Waals surface area contributed by atoms with Gasteiger partial charge in [0, 0.05) is 36.5 Å². The molecule has 37 heavy (non-hydrogen) atoms. The Bertz CT molecular complexity index is 1220. The Kier molecular flexibility index (Phi) is 8.29. The van der Waals surface area contributed by atoms with Gasteiger partial charge in [0.1, 0.15) is 28.6 Å². The molecule has 0 aromatic heterocycles. The fourth-order valence-electron chi connectivity index (χ4n) is 4.83. The average molecular weight is 503 g/mol. The van der Waals surface area contributed by atoms with Gasteiger partial charge in [0.15, 0.2) is 0 Å². The maximum atomic E-state index is 6.40. The molecule has 1 atom stereocenters. The molecule has 1 aliphatic heterocycles. The lowest BCUT2D eigenvalue weighted by molar-refractivity contribution is 0.138. The zero-order chi connectivity index (χ0) is 26.4. The summed E-state index contributed by atoms with van der Waals surface area (Å²) in [6.45, 7) is 8.82. The first-order chi connectivity index (χ1) is 17.9. The number of ether oxygens (including phenoxy) is 4. The van der Waals surface area contributed by atoms with Gasteiger partial charge in [-0.2, -0.15) is 0 Å². The largest absolute Gasteiger partial charge is 0.496 e. The Morgan fingerprint density at radius 1 is 0.973 bits per heavy atom. The molecule has 1 aliphatic rings. The van der Waals surface area contributed by atoms with Crippen molar-refractivity contribution >= 4 is 11.8 Å². The Morgan fingerprint density at radius 3 is 2.30 bits per heavy atom. The summed E-state index contributed by atoms with van der Waals surface area (Å²) >= 11 is 0. The fourth-order valence-corrected chi connectivity index (χ4v) is 4.83. The van der Waals surface area contributed by atoms with Crippen LogP contribution in [0.4, 0.5) is 5.69 Å². The normalized spacial score (nSPS) is 16.1. The first kappa shape index (κ1) is 26.4. The van der Waals surface area contributed by atoms with Crippen LogP contribution in [0.2, 0.25) is 0 Å². The van der Waals surface area contributed by atoms with Gasteiger partial charge < -0.3 is 29.2 Å². The number of hydrogen-bond donors (Lipinski definition) is 1. The van der Waals surface area contributed by atoms with E-state index in [4.69, 9.17) is 18.9 Å². The van der Waals surface area contributed by atoms with Gasteiger partial charge in [-0.15, -0.1) is 0 Å². The van der Waals surface area contributed by atoms with Crippen LogP contribution in [0.1, 0.15) is 36.1 Å². The molecule has 196 valence electrons. The van der Waals surface area contributed by atoms with Gasteiger partial charge in [0.25, 0.3) is 0 Å². The van der Waals surface area contributed by atoms with E-state index >= 15 is 0 Å². The van der Waals surface area contributed by atoms with Gasteiger partial charge in [-0.3, -0.25) is 0 Å². The molecule has 1 unspecified atom stereocenters. The number of rotatable bonds is 11. The van der Waals surface area contributed by atoms with E-state index in [1.165, 1.54) is 5.56 Å². The van der Waals surface area contributed by atoms with E-state index in [-0.39, 0.29) is 5.60 Å². The maximum Gasteiger partial charge on any atom is 0.137 e. The third kappa shape index (κ3) is 6.03. The molecule has 4 rings (SSSR count). The summed E-state index contributed by atoms with van der Waals surface area (Å²) < 4.78 is 23.8. The van der Waals surface area contributed by atoms with Crippen molar-refractivity contribution in [1.29, 1.82) is 0 Å². The monoisotopic (exact) mass is 502 g/mol. The third-order valence-corrected chi connectivity index (χ3v) is 6.61. The number of benzene rings is 3. The van der Waals surface area contributed by atoms with Gasteiger partial charge in [0.05, 0.1) is 32.9 Å². The molecule has 0 saturated carbocycles. The van der Waals surface area contributed by atoms with Crippen LogP contribution in [0, 0.1) is 6.92 Å². The van der Waals surface area contributed by atoms with Crippen LogP contribution in [0.3, 0.4) is 0 Å². The van der Waals surface area contributed by atoms with E-state index in [2.05, 4.69) is 72.6 Å². The summed E-state index contributed by atoms with van der Waals surface area (Å²) in [7, 11) is 5.31. The number of likely N-dealkylation sites (N-methyl/N-ethyl adjacent to an activating group) is 1. The van der Waals surface area contributed by atoms with E-state index in [0.717, 1.165) is 58.5 Å². The smallest absolute Gasteiger partial charge is 0.137 e. The highest BCUT2D eigenvalue weighted by Crippen LogP contribution is 2.40. The van der Waals surface area contributed by atoms with E-state index in [9.17, 15) is 0 Å². The van der Waals surface area contributed by atoms with E-state index < -0.39 is 0 Å². The highest BCUT2D eigenvalue weighted by Gasteiger charge is 2.28. The van der Waals surface area contributed by atoms with Crippen LogP contribution in [0.25, 0.3) is 6.08 Å². The van der Waals surface area contributed by atoms with Gasteiger partial charge in [-0.25, -0.2) is 0 Å². The quantitative estimate of drug-likeness (QED) is 0.347. The van der Waals surface area contributed by atoms with Crippen LogP contribution >= 0.6 is 0 Å². The van der Waals surface area contributed by atoms with Crippen LogP contribution in [0.5, 0.6) is 23.0 Å². The predicted molar refractivity (Wildman–Crippen MR) is 150 cm³/mol. The number of nitrogens with one attached hydrogen (secondary N) is 1. The topological polar surface area (TPSA) is 52.2 Å². The molecular formula is C31H38N2O4. The zero-order valence-electron chi connectivity index (χ0n) is 22.8. The van der Waals surface area contributed by atoms with Gasteiger partial charge in [-0.05, 0) is 57.2 Å². The third-order valence-electron chi connectivity index (χ3n) is 6.61. The lowest BCUT2D eigenvalue weighted by atomic mass is 9.98. The van der Waals surface area contributed by atoms with Crippen molar-refractivity contribution in [1.82, 2.24) is 5.32 Å². The lowest BCUT2D eigenvalue weighted by Gasteiger charge is -2.34. The molecule has 6 heteroatoms. The molecule has 1 heterocycles. The summed E-state index contributed by atoms with van der Waals surface area (Å²) in [5.74, 6) is 3.11. The minimum Gasteiger partial charge on any atom is -0.496 e. The molecule has 0 saturated heterocycles. The van der Waals surface area contributed by atoms with Crippen LogP contribution in [-0.2, 0) is 13.1 Å². The molecule has 0 bridgehead atoms. The molecule has 1 N–H and O–H groups in total. The summed E-state index contributed by atoms with van der Waals surface area (Å²) in [5, 5.41) is 3.22. The Labute approximate surface area is 220 Å². The number of hydrogen-bond acceptors (Lipinski definition) is 6. The highest BCUT2D eigenvalue weighted by atomic mass is 16.5. The highest BCUT2D eigenvalue weighted by molar-refractivity contribution is 5.70. The molecule has 3 aromatic rings. The first-order valence-electron chi connectivity index (χ1n) is 12.7. The second-order valence-corrected chi connectivity index (χ2v) is 9.54. The summed E-state index contributed by atoms with van der Waals surface area (Å²) in [6.07, 6.45) is 4.29. The number of nitrogens with zero attached hydrogens (tertiary/aromatic N) is 1. The second kappa shape index (κ2) is 11.6. The summed E-state index contributed by atoms with van der Waals surface area (Å²) in [5.41, 5.74) is 5.15. The fraction of sp³-hybridized carbons (Fsp3) is 0.355. The van der Waals surface area contributed by atoms with Crippen molar-refractivity contribution in [3.05, 3.63) is 82.9 Å². The van der Waals surface area contributed by atoms with Crippen LogP contribution in [0.15, 0.2) is 60.7 Å². The second-order valence-electron chi connectivity index (χ2n) is 9.54. The van der Waals surface area contributed by atoms with Crippen molar-refractivity contribution < 1.29 is 18.9 Å². The predicted octanol–water partition coefficient (Wildman–Crippen LogP) is 6.00. The van der Waals surface area contributed by atoms with E-state index in [0.29, 0.717) is 13.2 Å². The molecular weight excluding hydrogens is 464 g/mol. The molecule has 0 radical (unpaired) electrons. The number of anilines is 1. The lowest BCUT2D eigenvalue weighted by Crippen LogP contribution is -2.41. The zero-order valence-corrected chi connectivity index (χ0v) is 22.8. The minimum absolute atomic E-state index is 0.373. The minimum atomic E-state index is -0.373. The first-order valence-corrected chi connectivity index (χ1v) is 12.7. The molecule has 0 fully saturated rings. The molecule has 6 nitrogen and oxygen atoms in total. The number of fused-ring (bicyclic) bond motifs is 1. The standard InChI is InChI=1S/C31H38N2O4/c1-7-36-25-17-29(34-5)26(30(18-25)35-6)20-33(19-23-11-9-8-10-12-23)27-16-24-13-14-31(3,21-32-4)37-28(24)15-22(27)2/h8-18,32H,7,19-21H2,1-6H3. The summed E-state index contributed by atoms with van der Waals surface area (Å²) in [4.78, 5) is 2.36. The van der Waals surface area contributed by atoms with Gasteiger partial charge in [0.2, 0.25) is 0 Å². The number of methoxy groups -OCH3 is 2. The molecule has 3 aromatic carbocycles. The SMILES string of the molecule is CCOc1cc(OC)c(CN(Cc2ccccc2)c2cc3c(cc2C)OC(C)(CNC)C=C3)c(OC)c1. The summed E-state index contributed by atoms with van der Waals surface area (Å²) in [6, 6.07) is 18.7. The van der Waals surface area contributed by atoms with Gasteiger partial charge >= 0.3 is 0 Å². The Hall–Kier alpha value is -3.64. The van der Waals surface area contributed by atoms with Crippen molar-refractivity contribution in [3.63, 3.8) is 0 Å². The van der Waals surface area contributed by atoms with E-state index in [1.54, 1.807) is 14.2 Å². The Morgan fingerprint density at radius 2 is 1.68 bits per heavy atom. The number of aryl methyl sites for hydroxylation is 1. The molecule has 0 amide bonds. The maximum absolute atomic E-state index is 6.40.